The van der Waals surface area contributed by atoms with Gasteiger partial charge in [-0.05, 0) is 68.3 Å². The smallest absolute Gasteiger partial charge is 0.339 e. The lowest BCUT2D eigenvalue weighted by Gasteiger charge is -2.02. The van der Waals surface area contributed by atoms with Crippen LogP contribution in [0.25, 0.3) is 0 Å². The number of carboxylic acid groups (broad SMARTS) is 1. The van der Waals surface area contributed by atoms with E-state index in [0.29, 0.717) is 25.9 Å². The van der Waals surface area contributed by atoms with Crippen molar-refractivity contribution in [3.63, 3.8) is 0 Å². The standard InChI is InChI=1S/C8H8BrNO2.C7H6BrNO2.CH4O.Cl2OS/c1-12-8(11)6-4-5(10)2-3-7(6)9;8-6-2-1-4(9)3-5(6)7(10)11;1-2;1-4(2)3/h2-4H,10H2,1H3;1-3H,9H2,(H,10,11);2H,1H3;. The SMILES string of the molecule is CO.COC(=O)c1cc(N)ccc1Br.Nc1ccc(Br)c(C(=O)O)c1.O=S(Cl)Cl. The fourth-order valence-electron chi connectivity index (χ4n) is 1.52. The molecule has 0 heterocycles. The lowest BCUT2D eigenvalue weighted by atomic mass is 10.2. The van der Waals surface area contributed by atoms with E-state index in [2.05, 4.69) is 58.0 Å². The number of aliphatic hydroxyl groups is 1. The third-order valence-corrected chi connectivity index (χ3v) is 4.00. The van der Waals surface area contributed by atoms with E-state index in [9.17, 15) is 9.59 Å². The number of carboxylic acids is 1. The Labute approximate surface area is 195 Å². The van der Waals surface area contributed by atoms with Crippen molar-refractivity contribution in [3.05, 3.63) is 56.5 Å². The molecule has 29 heavy (non-hydrogen) atoms. The molecule has 0 saturated carbocycles. The summed E-state index contributed by atoms with van der Waals surface area (Å²) >= 11 is 6.31. The van der Waals surface area contributed by atoms with Gasteiger partial charge in [0.25, 0.3) is 0 Å². The average molecular weight is 597 g/mol. The van der Waals surface area contributed by atoms with Crippen molar-refractivity contribution in [3.8, 4) is 0 Å². The number of carbonyl (C=O) groups is 2. The number of nitrogens with two attached hydrogens (primary N) is 2. The van der Waals surface area contributed by atoms with E-state index in [1.54, 1.807) is 30.3 Å². The second-order valence-electron chi connectivity index (χ2n) is 4.46. The number of benzene rings is 2. The van der Waals surface area contributed by atoms with Gasteiger partial charge in [0.05, 0.1) is 18.2 Å². The highest BCUT2D eigenvalue weighted by atomic mass is 79.9. The van der Waals surface area contributed by atoms with E-state index in [1.165, 1.54) is 13.2 Å². The first kappa shape index (κ1) is 29.8. The molecule has 0 saturated heterocycles. The summed E-state index contributed by atoms with van der Waals surface area (Å²) in [7, 11) is 9.69. The van der Waals surface area contributed by atoms with Crippen molar-refractivity contribution in [1.82, 2.24) is 0 Å². The van der Waals surface area contributed by atoms with Crippen molar-refractivity contribution < 1.29 is 28.7 Å². The summed E-state index contributed by atoms with van der Waals surface area (Å²) in [5, 5.41) is 15.6. The Morgan fingerprint density at radius 3 is 1.62 bits per heavy atom. The molecule has 0 amide bonds. The molecule has 0 aliphatic rings. The van der Waals surface area contributed by atoms with Gasteiger partial charge < -0.3 is 26.4 Å². The monoisotopic (exact) mass is 594 g/mol. The first-order chi connectivity index (χ1) is 13.5. The quantitative estimate of drug-likeness (QED) is 0.229. The van der Waals surface area contributed by atoms with Crippen LogP contribution < -0.4 is 11.5 Å². The van der Waals surface area contributed by atoms with Gasteiger partial charge in [0.2, 0.25) is 9.23 Å². The van der Waals surface area contributed by atoms with Crippen LogP contribution in [0.5, 0.6) is 0 Å². The van der Waals surface area contributed by atoms with Gasteiger partial charge in [-0.1, -0.05) is 0 Å². The van der Waals surface area contributed by atoms with E-state index in [-0.39, 0.29) is 5.56 Å². The number of esters is 1. The predicted molar refractivity (Wildman–Crippen MR) is 123 cm³/mol. The number of anilines is 2. The van der Waals surface area contributed by atoms with Crippen LogP contribution in [0.4, 0.5) is 11.4 Å². The predicted octanol–water partition coefficient (Wildman–Crippen LogP) is 4.20. The van der Waals surface area contributed by atoms with Crippen LogP contribution in [-0.2, 0) is 14.0 Å². The average Bonchev–Trinajstić information content (AvgIpc) is 2.66. The highest BCUT2D eigenvalue weighted by Gasteiger charge is 2.09. The van der Waals surface area contributed by atoms with E-state index >= 15 is 0 Å². The minimum atomic E-state index is -1.67. The topological polar surface area (TPSA) is 153 Å². The number of methoxy groups -OCH3 is 1. The Kier molecular flexibility index (Phi) is 16.9. The molecule has 0 radical (unpaired) electrons. The Morgan fingerprint density at radius 2 is 1.31 bits per heavy atom. The maximum absolute atomic E-state index is 11.1. The third kappa shape index (κ3) is 13.5. The third-order valence-electron chi connectivity index (χ3n) is 2.62. The summed E-state index contributed by atoms with van der Waals surface area (Å²) in [6.45, 7) is 0. The molecule has 0 aromatic heterocycles. The maximum atomic E-state index is 11.1. The van der Waals surface area contributed by atoms with Crippen LogP contribution in [0.2, 0.25) is 0 Å². The molecule has 0 bridgehead atoms. The van der Waals surface area contributed by atoms with Gasteiger partial charge in [-0.15, -0.1) is 0 Å². The van der Waals surface area contributed by atoms with Crippen LogP contribution in [0.15, 0.2) is 45.3 Å². The number of carbonyl (C=O) groups excluding carboxylic acids is 1. The number of hydrogen-bond donors (Lipinski definition) is 4. The fourth-order valence-corrected chi connectivity index (χ4v) is 2.34. The molecular formula is C16H18Br2Cl2N2O6S. The van der Waals surface area contributed by atoms with Crippen molar-refractivity contribution in [2.75, 3.05) is 25.7 Å². The Balaban J connectivity index is 0. The molecule has 2 aromatic rings. The van der Waals surface area contributed by atoms with Gasteiger partial charge in [0, 0.05) is 48.8 Å². The second-order valence-corrected chi connectivity index (χ2v) is 8.69. The largest absolute Gasteiger partial charge is 0.478 e. The lowest BCUT2D eigenvalue weighted by molar-refractivity contribution is 0.0598. The normalized spacial score (nSPS) is 8.97. The molecule has 8 nitrogen and oxygen atoms in total. The molecule has 0 fully saturated rings. The summed E-state index contributed by atoms with van der Waals surface area (Å²) in [5.74, 6) is -1.38. The number of ether oxygens (including phenoxy) is 1. The van der Waals surface area contributed by atoms with Gasteiger partial charge in [0.15, 0.2) is 0 Å². The Hall–Kier alpha value is -1.37. The number of hydrogen-bond acceptors (Lipinski definition) is 7. The van der Waals surface area contributed by atoms with Gasteiger partial charge in [-0.2, -0.15) is 0 Å². The lowest BCUT2D eigenvalue weighted by Crippen LogP contribution is -2.02. The van der Waals surface area contributed by atoms with Gasteiger partial charge in [-0.3, -0.25) is 0 Å². The van der Waals surface area contributed by atoms with Gasteiger partial charge >= 0.3 is 11.9 Å². The molecule has 0 spiro atoms. The Morgan fingerprint density at radius 1 is 0.966 bits per heavy atom. The second kappa shape index (κ2) is 16.4. The minimum absolute atomic E-state index is 0.185. The number of nitrogen functional groups attached to an aromatic ring is 2. The summed E-state index contributed by atoms with van der Waals surface area (Å²) < 4.78 is 14.9. The van der Waals surface area contributed by atoms with Crippen LogP contribution in [-0.4, -0.2) is 40.6 Å². The zero-order chi connectivity index (χ0) is 23.1. The highest BCUT2D eigenvalue weighted by molar-refractivity contribution is 9.10. The molecule has 2 rings (SSSR count). The molecular weight excluding hydrogens is 579 g/mol. The van der Waals surface area contributed by atoms with E-state index in [4.69, 9.17) is 25.9 Å². The molecule has 0 aliphatic heterocycles. The van der Waals surface area contributed by atoms with Crippen molar-refractivity contribution in [1.29, 1.82) is 0 Å². The first-order valence-electron chi connectivity index (χ1n) is 7.10. The van der Waals surface area contributed by atoms with Gasteiger partial charge in [-0.25, -0.2) is 13.8 Å². The fraction of sp³-hybridized carbons (Fsp3) is 0.125. The van der Waals surface area contributed by atoms with Crippen LogP contribution in [0.1, 0.15) is 20.7 Å². The molecule has 13 heteroatoms. The molecule has 162 valence electrons. The molecule has 2 aromatic carbocycles. The van der Waals surface area contributed by atoms with Crippen LogP contribution >= 0.6 is 53.2 Å². The molecule has 0 aliphatic carbocycles. The summed E-state index contributed by atoms with van der Waals surface area (Å²) in [6, 6.07) is 9.63. The number of aromatic carboxylic acids is 1. The van der Waals surface area contributed by atoms with Gasteiger partial charge in [0.1, 0.15) is 0 Å². The maximum Gasteiger partial charge on any atom is 0.339 e. The van der Waals surface area contributed by atoms with E-state index in [0.717, 1.165) is 7.11 Å². The van der Waals surface area contributed by atoms with E-state index in [1.807, 2.05) is 0 Å². The molecule has 0 atom stereocenters. The first-order valence-corrected chi connectivity index (χ1v) is 11.5. The van der Waals surface area contributed by atoms with E-state index < -0.39 is 21.2 Å². The molecule has 0 unspecified atom stereocenters. The number of halogens is 4. The minimum Gasteiger partial charge on any atom is -0.478 e. The van der Waals surface area contributed by atoms with Crippen molar-refractivity contribution in [2.24, 2.45) is 0 Å². The number of rotatable bonds is 2. The zero-order valence-corrected chi connectivity index (χ0v) is 20.6. The molecule has 6 N–H and O–H groups in total. The van der Waals surface area contributed by atoms with Crippen LogP contribution in [0, 0.1) is 0 Å². The summed E-state index contributed by atoms with van der Waals surface area (Å²) in [5.41, 5.74) is 12.5. The van der Waals surface area contributed by atoms with Crippen molar-refractivity contribution >= 4 is 85.8 Å². The van der Waals surface area contributed by atoms with Crippen molar-refractivity contribution in [2.45, 2.75) is 0 Å². The summed E-state index contributed by atoms with van der Waals surface area (Å²) in [4.78, 5) is 21.6. The van der Waals surface area contributed by atoms with Crippen LogP contribution in [0.3, 0.4) is 0 Å². The summed E-state index contributed by atoms with van der Waals surface area (Å²) in [6.07, 6.45) is 0. The number of aliphatic hydroxyl groups excluding tert-OH is 1. The zero-order valence-electron chi connectivity index (χ0n) is 15.1. The highest BCUT2D eigenvalue weighted by Crippen LogP contribution is 2.20. The Bertz CT molecular complexity index is 839.